The van der Waals surface area contributed by atoms with Crippen molar-refractivity contribution in [2.75, 3.05) is 19.8 Å². The van der Waals surface area contributed by atoms with Gasteiger partial charge in [0.2, 0.25) is 0 Å². The van der Waals surface area contributed by atoms with Crippen LogP contribution in [-0.4, -0.2) is 40.7 Å². The predicted octanol–water partition coefficient (Wildman–Crippen LogP) is 1.34. The molecule has 1 N–H and O–H groups in total. The monoisotopic (exact) mass is 286 g/mol. The smallest absolute Gasteiger partial charge is 0.273 e. The summed E-state index contributed by atoms with van der Waals surface area (Å²) in [6, 6.07) is 9.55. The van der Waals surface area contributed by atoms with E-state index in [2.05, 4.69) is 15.5 Å². The summed E-state index contributed by atoms with van der Waals surface area (Å²) in [5, 5.41) is 11.5. The zero-order valence-corrected chi connectivity index (χ0v) is 12.0. The lowest BCUT2D eigenvalue weighted by Gasteiger charge is -2.08. The lowest BCUT2D eigenvalue weighted by Crippen LogP contribution is -2.30. The molecule has 1 atom stereocenters. The second kappa shape index (κ2) is 6.05. The molecule has 6 nitrogen and oxygen atoms in total. The molecule has 1 unspecified atom stereocenters. The number of carbonyl (C=O) groups excluding carboxylic acids is 1. The first-order valence-electron chi connectivity index (χ1n) is 7.09. The van der Waals surface area contributed by atoms with E-state index in [1.807, 2.05) is 30.3 Å². The maximum atomic E-state index is 12.2. The van der Waals surface area contributed by atoms with E-state index in [0.717, 1.165) is 25.3 Å². The van der Waals surface area contributed by atoms with Crippen LogP contribution in [-0.2, 0) is 4.74 Å². The summed E-state index contributed by atoms with van der Waals surface area (Å²) in [6.07, 6.45) is 0.996. The topological polar surface area (TPSA) is 69.0 Å². The number of nitrogens with zero attached hydrogens (tertiary/aromatic N) is 3. The molecule has 1 aromatic carbocycles. The van der Waals surface area contributed by atoms with Gasteiger partial charge in [-0.15, -0.1) is 5.10 Å². The zero-order valence-electron chi connectivity index (χ0n) is 12.0. The number of benzene rings is 1. The van der Waals surface area contributed by atoms with Crippen molar-refractivity contribution in [2.24, 2.45) is 5.92 Å². The van der Waals surface area contributed by atoms with Crippen LogP contribution in [0.3, 0.4) is 0 Å². The number of hydrogen-bond donors (Lipinski definition) is 1. The maximum Gasteiger partial charge on any atom is 0.273 e. The lowest BCUT2D eigenvalue weighted by atomic mass is 10.1. The van der Waals surface area contributed by atoms with Crippen molar-refractivity contribution < 1.29 is 9.53 Å². The Hall–Kier alpha value is -2.21. The van der Waals surface area contributed by atoms with E-state index in [4.69, 9.17) is 4.74 Å². The Balaban J connectivity index is 1.70. The SMILES string of the molecule is Cc1nn(-c2ccccc2)nc1C(=O)NCC1CCOC1. The molecule has 0 bridgehead atoms. The van der Waals surface area contributed by atoms with Crippen LogP contribution in [0.4, 0.5) is 0 Å². The number of hydrogen-bond acceptors (Lipinski definition) is 4. The van der Waals surface area contributed by atoms with Crippen molar-refractivity contribution in [1.82, 2.24) is 20.3 Å². The minimum atomic E-state index is -0.179. The fourth-order valence-corrected chi connectivity index (χ4v) is 2.33. The minimum absolute atomic E-state index is 0.179. The molecule has 6 heteroatoms. The van der Waals surface area contributed by atoms with E-state index in [1.54, 1.807) is 6.92 Å². The Labute approximate surface area is 123 Å². The number of nitrogens with one attached hydrogen (secondary N) is 1. The Morgan fingerprint density at radius 1 is 1.38 bits per heavy atom. The number of para-hydroxylation sites is 1. The van der Waals surface area contributed by atoms with Crippen molar-refractivity contribution >= 4 is 5.91 Å². The molecule has 0 spiro atoms. The van der Waals surface area contributed by atoms with E-state index in [0.29, 0.717) is 23.9 Å². The van der Waals surface area contributed by atoms with Gasteiger partial charge < -0.3 is 10.1 Å². The van der Waals surface area contributed by atoms with Gasteiger partial charge in [-0.1, -0.05) is 18.2 Å². The van der Waals surface area contributed by atoms with Crippen LogP contribution in [0.1, 0.15) is 22.6 Å². The number of amides is 1. The van der Waals surface area contributed by atoms with E-state index >= 15 is 0 Å². The van der Waals surface area contributed by atoms with Gasteiger partial charge in [0.05, 0.1) is 18.0 Å². The molecule has 1 fully saturated rings. The molecule has 110 valence electrons. The first-order chi connectivity index (χ1) is 10.2. The normalized spacial score (nSPS) is 17.9. The van der Waals surface area contributed by atoms with Gasteiger partial charge in [-0.05, 0) is 25.5 Å². The average molecular weight is 286 g/mol. The van der Waals surface area contributed by atoms with Crippen molar-refractivity contribution in [3.63, 3.8) is 0 Å². The van der Waals surface area contributed by atoms with E-state index in [-0.39, 0.29) is 5.91 Å². The Morgan fingerprint density at radius 2 is 2.19 bits per heavy atom. The second-order valence-corrected chi connectivity index (χ2v) is 5.20. The summed E-state index contributed by atoms with van der Waals surface area (Å²) in [4.78, 5) is 13.7. The fourth-order valence-electron chi connectivity index (χ4n) is 2.33. The average Bonchev–Trinajstić information content (AvgIpc) is 3.15. The van der Waals surface area contributed by atoms with E-state index < -0.39 is 0 Å². The molecule has 1 saturated heterocycles. The molecule has 2 heterocycles. The predicted molar refractivity (Wildman–Crippen MR) is 77.4 cm³/mol. The van der Waals surface area contributed by atoms with E-state index in [9.17, 15) is 4.79 Å². The summed E-state index contributed by atoms with van der Waals surface area (Å²) in [5.74, 6) is 0.222. The van der Waals surface area contributed by atoms with E-state index in [1.165, 1.54) is 4.80 Å². The third-order valence-electron chi connectivity index (χ3n) is 3.56. The molecule has 0 aliphatic carbocycles. The highest BCUT2D eigenvalue weighted by atomic mass is 16.5. The van der Waals surface area contributed by atoms with Crippen LogP contribution < -0.4 is 5.32 Å². The number of aromatic nitrogens is 3. The molecule has 0 saturated carbocycles. The molecule has 1 amide bonds. The Bertz CT molecular complexity index is 618. The number of ether oxygens (including phenoxy) is 1. The van der Waals surface area contributed by atoms with Gasteiger partial charge in [-0.3, -0.25) is 4.79 Å². The standard InChI is InChI=1S/C15H18N4O2/c1-11-14(15(20)16-9-12-7-8-21-10-12)18-19(17-11)13-5-3-2-4-6-13/h2-6,12H,7-10H2,1H3,(H,16,20). The highest BCUT2D eigenvalue weighted by molar-refractivity contribution is 5.93. The third-order valence-corrected chi connectivity index (χ3v) is 3.56. The molecule has 2 aromatic rings. The van der Waals surface area contributed by atoms with Gasteiger partial charge in [0, 0.05) is 19.1 Å². The Morgan fingerprint density at radius 3 is 2.90 bits per heavy atom. The zero-order chi connectivity index (χ0) is 14.7. The summed E-state index contributed by atoms with van der Waals surface area (Å²) >= 11 is 0. The fraction of sp³-hybridized carbons (Fsp3) is 0.400. The van der Waals surface area contributed by atoms with Crippen LogP contribution in [0, 0.1) is 12.8 Å². The second-order valence-electron chi connectivity index (χ2n) is 5.20. The van der Waals surface area contributed by atoms with Crippen LogP contribution >= 0.6 is 0 Å². The van der Waals surface area contributed by atoms with Crippen molar-refractivity contribution in [3.8, 4) is 5.69 Å². The first-order valence-corrected chi connectivity index (χ1v) is 7.09. The van der Waals surface area contributed by atoms with Crippen molar-refractivity contribution in [3.05, 3.63) is 41.7 Å². The van der Waals surface area contributed by atoms with Crippen LogP contribution in [0.2, 0.25) is 0 Å². The van der Waals surface area contributed by atoms with Gasteiger partial charge in [-0.25, -0.2) is 0 Å². The number of aryl methyl sites for hydroxylation is 1. The van der Waals surface area contributed by atoms with Crippen molar-refractivity contribution in [2.45, 2.75) is 13.3 Å². The highest BCUT2D eigenvalue weighted by Gasteiger charge is 2.20. The van der Waals surface area contributed by atoms with Gasteiger partial charge in [0.15, 0.2) is 5.69 Å². The molecule has 21 heavy (non-hydrogen) atoms. The third kappa shape index (κ3) is 3.11. The molecule has 1 aromatic heterocycles. The summed E-state index contributed by atoms with van der Waals surface area (Å²) < 4.78 is 5.30. The molecule has 1 aliphatic heterocycles. The molecule has 1 aliphatic rings. The number of carbonyl (C=O) groups is 1. The first kappa shape index (κ1) is 13.8. The van der Waals surface area contributed by atoms with Crippen molar-refractivity contribution in [1.29, 1.82) is 0 Å². The van der Waals surface area contributed by atoms with Gasteiger partial charge in [0.25, 0.3) is 5.91 Å². The minimum Gasteiger partial charge on any atom is -0.381 e. The maximum absolute atomic E-state index is 12.2. The largest absolute Gasteiger partial charge is 0.381 e. The highest BCUT2D eigenvalue weighted by Crippen LogP contribution is 2.12. The lowest BCUT2D eigenvalue weighted by molar-refractivity contribution is 0.0939. The molecular weight excluding hydrogens is 268 g/mol. The summed E-state index contributed by atoms with van der Waals surface area (Å²) in [6.45, 7) is 3.91. The summed E-state index contributed by atoms with van der Waals surface area (Å²) in [7, 11) is 0. The quantitative estimate of drug-likeness (QED) is 0.921. The van der Waals surface area contributed by atoms with Crippen LogP contribution in [0.25, 0.3) is 5.69 Å². The summed E-state index contributed by atoms with van der Waals surface area (Å²) in [5.41, 5.74) is 1.83. The molecular formula is C15H18N4O2. The van der Waals surface area contributed by atoms with Crippen LogP contribution in [0.5, 0.6) is 0 Å². The van der Waals surface area contributed by atoms with Crippen LogP contribution in [0.15, 0.2) is 30.3 Å². The number of rotatable bonds is 4. The van der Waals surface area contributed by atoms with Gasteiger partial charge in [0.1, 0.15) is 0 Å². The van der Waals surface area contributed by atoms with Gasteiger partial charge in [-0.2, -0.15) is 9.90 Å². The Kier molecular flexibility index (Phi) is 3.96. The van der Waals surface area contributed by atoms with Gasteiger partial charge >= 0.3 is 0 Å². The molecule has 3 rings (SSSR count). The molecule has 0 radical (unpaired) electrons.